The van der Waals surface area contributed by atoms with Crippen molar-refractivity contribution >= 4 is 17.3 Å². The quantitative estimate of drug-likeness (QED) is 0.651. The molecular weight excluding hydrogens is 248 g/mol. The first-order valence-electron chi connectivity index (χ1n) is 6.28. The van der Waals surface area contributed by atoms with E-state index in [1.807, 2.05) is 4.90 Å². The van der Waals surface area contributed by atoms with Crippen molar-refractivity contribution in [2.75, 3.05) is 18.0 Å². The summed E-state index contributed by atoms with van der Waals surface area (Å²) in [7, 11) is 0. The molecule has 1 aliphatic rings. The van der Waals surface area contributed by atoms with Crippen LogP contribution in [0, 0.1) is 16.0 Å². The number of rotatable bonds is 5. The summed E-state index contributed by atoms with van der Waals surface area (Å²) in [6.45, 7) is 1.44. The van der Waals surface area contributed by atoms with Crippen LogP contribution in [0.2, 0.25) is 0 Å². The predicted octanol–water partition coefficient (Wildman–Crippen LogP) is 2.29. The minimum Gasteiger partial charge on any atom is -0.481 e. The number of carboxylic acid groups (broad SMARTS) is 1. The molecule has 1 aliphatic heterocycles. The lowest BCUT2D eigenvalue weighted by Gasteiger charge is -2.18. The maximum absolute atomic E-state index is 11.0. The number of nitrogens with zero attached hydrogens (tertiary/aromatic N) is 2. The van der Waals surface area contributed by atoms with Gasteiger partial charge in [-0.2, -0.15) is 0 Å². The predicted molar refractivity (Wildman–Crippen MR) is 70.3 cm³/mol. The molecule has 6 heteroatoms. The lowest BCUT2D eigenvalue weighted by Crippen LogP contribution is -2.20. The van der Waals surface area contributed by atoms with Gasteiger partial charge in [0.05, 0.1) is 4.92 Å². The Labute approximate surface area is 110 Å². The summed E-state index contributed by atoms with van der Waals surface area (Å²) in [6, 6.07) is 6.68. The van der Waals surface area contributed by atoms with Crippen molar-refractivity contribution in [1.82, 2.24) is 0 Å². The Kier molecular flexibility index (Phi) is 3.99. The Bertz CT molecular complexity index is 489. The number of nitro groups is 1. The molecule has 0 spiro atoms. The summed E-state index contributed by atoms with van der Waals surface area (Å²) in [6.07, 6.45) is 1.68. The lowest BCUT2D eigenvalue weighted by molar-refractivity contribution is -0.384. The molecule has 1 aromatic carbocycles. The van der Waals surface area contributed by atoms with Gasteiger partial charge in [-0.05, 0) is 24.8 Å². The van der Waals surface area contributed by atoms with E-state index in [1.165, 1.54) is 6.07 Å². The normalized spacial score (nSPS) is 18.5. The highest BCUT2D eigenvalue weighted by molar-refractivity contribution is 5.66. The summed E-state index contributed by atoms with van der Waals surface area (Å²) in [5.41, 5.74) is 0.742. The first-order chi connectivity index (χ1) is 9.08. The summed E-state index contributed by atoms with van der Waals surface area (Å²) in [5, 5.41) is 19.6. The number of para-hydroxylation sites is 2. The van der Waals surface area contributed by atoms with Gasteiger partial charge >= 0.3 is 5.97 Å². The second-order valence-electron chi connectivity index (χ2n) is 4.78. The van der Waals surface area contributed by atoms with Gasteiger partial charge in [-0.15, -0.1) is 0 Å². The van der Waals surface area contributed by atoms with Crippen molar-refractivity contribution in [2.24, 2.45) is 5.92 Å². The fraction of sp³-hybridized carbons (Fsp3) is 0.462. The van der Waals surface area contributed by atoms with Crippen LogP contribution < -0.4 is 4.90 Å². The molecule has 1 aromatic rings. The van der Waals surface area contributed by atoms with Crippen molar-refractivity contribution in [3.8, 4) is 0 Å². The lowest BCUT2D eigenvalue weighted by atomic mass is 10.0. The SMILES string of the molecule is O=C(O)CCC1CCN(c2ccccc2[N+](=O)[O-])C1. The van der Waals surface area contributed by atoms with E-state index in [0.29, 0.717) is 24.6 Å². The number of hydrogen-bond acceptors (Lipinski definition) is 4. The molecular formula is C13H16N2O4. The second-order valence-corrected chi connectivity index (χ2v) is 4.78. The zero-order valence-corrected chi connectivity index (χ0v) is 10.5. The van der Waals surface area contributed by atoms with E-state index in [-0.39, 0.29) is 17.0 Å². The average molecular weight is 264 g/mol. The van der Waals surface area contributed by atoms with Gasteiger partial charge in [0.1, 0.15) is 5.69 Å². The highest BCUT2D eigenvalue weighted by Gasteiger charge is 2.27. The van der Waals surface area contributed by atoms with E-state index in [2.05, 4.69) is 0 Å². The van der Waals surface area contributed by atoms with Crippen LogP contribution in [0.25, 0.3) is 0 Å². The molecule has 0 radical (unpaired) electrons. The Morgan fingerprint density at radius 1 is 1.47 bits per heavy atom. The number of anilines is 1. The third-order valence-electron chi connectivity index (χ3n) is 3.47. The van der Waals surface area contributed by atoms with Crippen LogP contribution in [0.4, 0.5) is 11.4 Å². The van der Waals surface area contributed by atoms with Crippen molar-refractivity contribution in [3.05, 3.63) is 34.4 Å². The zero-order valence-electron chi connectivity index (χ0n) is 10.5. The maximum Gasteiger partial charge on any atom is 0.303 e. The largest absolute Gasteiger partial charge is 0.481 e. The van der Waals surface area contributed by atoms with Gasteiger partial charge in [0, 0.05) is 25.6 Å². The monoisotopic (exact) mass is 264 g/mol. The molecule has 102 valence electrons. The molecule has 0 aliphatic carbocycles. The molecule has 0 amide bonds. The van der Waals surface area contributed by atoms with Gasteiger partial charge < -0.3 is 10.0 Å². The van der Waals surface area contributed by atoms with Crippen molar-refractivity contribution in [1.29, 1.82) is 0 Å². The van der Waals surface area contributed by atoms with Gasteiger partial charge in [0.2, 0.25) is 0 Å². The molecule has 0 bridgehead atoms. The van der Waals surface area contributed by atoms with E-state index < -0.39 is 5.97 Å². The fourth-order valence-electron chi connectivity index (χ4n) is 2.50. The average Bonchev–Trinajstić information content (AvgIpc) is 2.85. The number of aliphatic carboxylic acids is 1. The van der Waals surface area contributed by atoms with Crippen LogP contribution in [0.15, 0.2) is 24.3 Å². The summed E-state index contributed by atoms with van der Waals surface area (Å²) >= 11 is 0. The van der Waals surface area contributed by atoms with Crippen LogP contribution in [-0.4, -0.2) is 29.1 Å². The zero-order chi connectivity index (χ0) is 13.8. The van der Waals surface area contributed by atoms with Crippen LogP contribution in [0.3, 0.4) is 0 Å². The standard InChI is InChI=1S/C13H16N2O4/c16-13(17)6-5-10-7-8-14(9-10)11-3-1-2-4-12(11)15(18)19/h1-4,10H,5-9H2,(H,16,17). The molecule has 6 nitrogen and oxygen atoms in total. The maximum atomic E-state index is 11.0. The van der Waals surface area contributed by atoms with Gasteiger partial charge in [-0.25, -0.2) is 0 Å². The number of carbonyl (C=O) groups is 1. The van der Waals surface area contributed by atoms with Crippen molar-refractivity contribution < 1.29 is 14.8 Å². The Morgan fingerprint density at radius 2 is 2.21 bits per heavy atom. The van der Waals surface area contributed by atoms with Gasteiger partial charge in [-0.3, -0.25) is 14.9 Å². The highest BCUT2D eigenvalue weighted by atomic mass is 16.6. The minimum absolute atomic E-state index is 0.112. The summed E-state index contributed by atoms with van der Waals surface area (Å²) < 4.78 is 0. The first-order valence-corrected chi connectivity index (χ1v) is 6.28. The molecule has 1 unspecified atom stereocenters. The molecule has 1 saturated heterocycles. The van der Waals surface area contributed by atoms with E-state index in [0.717, 1.165) is 13.0 Å². The number of hydrogen-bond donors (Lipinski definition) is 1. The van der Waals surface area contributed by atoms with E-state index >= 15 is 0 Å². The van der Waals surface area contributed by atoms with E-state index in [1.54, 1.807) is 18.2 Å². The number of carboxylic acids is 1. The molecule has 1 atom stereocenters. The van der Waals surface area contributed by atoms with E-state index in [4.69, 9.17) is 5.11 Å². The molecule has 1 heterocycles. The number of benzene rings is 1. The fourth-order valence-corrected chi connectivity index (χ4v) is 2.50. The van der Waals surface area contributed by atoms with E-state index in [9.17, 15) is 14.9 Å². The smallest absolute Gasteiger partial charge is 0.303 e. The second kappa shape index (κ2) is 5.69. The Balaban J connectivity index is 2.04. The third-order valence-corrected chi connectivity index (χ3v) is 3.47. The Morgan fingerprint density at radius 3 is 2.89 bits per heavy atom. The van der Waals surface area contributed by atoms with Gasteiger partial charge in [0.15, 0.2) is 0 Å². The molecule has 1 N–H and O–H groups in total. The molecule has 1 fully saturated rings. The van der Waals surface area contributed by atoms with Crippen LogP contribution in [0.1, 0.15) is 19.3 Å². The van der Waals surface area contributed by atoms with Crippen molar-refractivity contribution in [2.45, 2.75) is 19.3 Å². The van der Waals surface area contributed by atoms with Gasteiger partial charge in [0.25, 0.3) is 5.69 Å². The molecule has 2 rings (SSSR count). The number of nitro benzene ring substituents is 1. The van der Waals surface area contributed by atoms with Gasteiger partial charge in [-0.1, -0.05) is 12.1 Å². The first kappa shape index (κ1) is 13.3. The summed E-state index contributed by atoms with van der Waals surface area (Å²) in [4.78, 5) is 23.1. The molecule has 0 aromatic heterocycles. The molecule has 0 saturated carbocycles. The topological polar surface area (TPSA) is 83.7 Å². The Hall–Kier alpha value is -2.11. The molecule has 19 heavy (non-hydrogen) atoms. The van der Waals surface area contributed by atoms with Crippen molar-refractivity contribution in [3.63, 3.8) is 0 Å². The van der Waals surface area contributed by atoms with Crippen LogP contribution in [-0.2, 0) is 4.79 Å². The van der Waals surface area contributed by atoms with Crippen LogP contribution >= 0.6 is 0 Å². The summed E-state index contributed by atoms with van der Waals surface area (Å²) in [5.74, 6) is -0.486. The van der Waals surface area contributed by atoms with Crippen LogP contribution in [0.5, 0.6) is 0 Å². The highest BCUT2D eigenvalue weighted by Crippen LogP contribution is 2.32. The third kappa shape index (κ3) is 3.21. The minimum atomic E-state index is -0.788.